The Bertz CT molecular complexity index is 368. The normalized spacial score (nSPS) is 12.0. The molecule has 82 valence electrons. The maximum atomic E-state index is 12.8. The van der Waals surface area contributed by atoms with Crippen molar-refractivity contribution in [2.45, 2.75) is 12.3 Å². The monoisotopic (exact) mass is 231 g/mol. The predicted octanol–water partition coefficient (Wildman–Crippen LogP) is 2.40. The number of ether oxygens (including phenoxy) is 1. The van der Waals surface area contributed by atoms with Gasteiger partial charge < -0.3 is 10.1 Å². The molecule has 1 aromatic carbocycles. The van der Waals surface area contributed by atoms with E-state index in [4.69, 9.17) is 16.3 Å². The van der Waals surface area contributed by atoms with E-state index >= 15 is 0 Å². The van der Waals surface area contributed by atoms with Gasteiger partial charge in [0.2, 0.25) is 5.91 Å². The van der Waals surface area contributed by atoms with Crippen molar-refractivity contribution in [3.63, 3.8) is 0 Å². The van der Waals surface area contributed by atoms with Gasteiger partial charge in [0.25, 0.3) is 0 Å². The summed E-state index contributed by atoms with van der Waals surface area (Å²) in [5, 5.41) is 1.87. The van der Waals surface area contributed by atoms with E-state index in [9.17, 15) is 9.18 Å². The topological polar surface area (TPSA) is 38.3 Å². The third-order valence-electron chi connectivity index (χ3n) is 1.78. The molecule has 1 atom stereocenters. The van der Waals surface area contributed by atoms with Gasteiger partial charge in [-0.25, -0.2) is 4.39 Å². The summed E-state index contributed by atoms with van der Waals surface area (Å²) in [6, 6.07) is 3.84. The van der Waals surface area contributed by atoms with E-state index in [0.717, 1.165) is 0 Å². The standard InChI is InChI=1S/C10H11ClFNO2/c1-6(11)10(14)13-8-4-3-7(12)5-9(8)15-2/h3-6H,1-2H3,(H,13,14). The van der Waals surface area contributed by atoms with Crippen molar-refractivity contribution >= 4 is 23.2 Å². The van der Waals surface area contributed by atoms with E-state index in [1.807, 2.05) is 0 Å². The molecule has 0 radical (unpaired) electrons. The Hall–Kier alpha value is -1.29. The molecular formula is C10H11ClFNO2. The van der Waals surface area contributed by atoms with Crippen molar-refractivity contribution < 1.29 is 13.9 Å². The third kappa shape index (κ3) is 3.09. The summed E-state index contributed by atoms with van der Waals surface area (Å²) in [5.41, 5.74) is 0.399. The number of hydrogen-bond donors (Lipinski definition) is 1. The van der Waals surface area contributed by atoms with Gasteiger partial charge in [-0.15, -0.1) is 11.6 Å². The molecule has 1 unspecified atom stereocenters. The number of rotatable bonds is 3. The van der Waals surface area contributed by atoms with Gasteiger partial charge in [-0.2, -0.15) is 0 Å². The molecule has 0 aromatic heterocycles. The minimum absolute atomic E-state index is 0.265. The summed E-state index contributed by atoms with van der Waals surface area (Å²) in [6.07, 6.45) is 0. The van der Waals surface area contributed by atoms with Gasteiger partial charge in [-0.1, -0.05) is 0 Å². The summed E-state index contributed by atoms with van der Waals surface area (Å²) >= 11 is 5.58. The Kier molecular flexibility index (Phi) is 3.91. The van der Waals surface area contributed by atoms with Crippen LogP contribution >= 0.6 is 11.6 Å². The second-order valence-corrected chi connectivity index (χ2v) is 3.60. The first-order valence-electron chi connectivity index (χ1n) is 4.33. The molecule has 0 saturated heterocycles. The van der Waals surface area contributed by atoms with E-state index in [1.54, 1.807) is 6.92 Å². The lowest BCUT2D eigenvalue weighted by Gasteiger charge is -2.10. The molecule has 1 N–H and O–H groups in total. The molecule has 1 amide bonds. The van der Waals surface area contributed by atoms with Gasteiger partial charge in [0.05, 0.1) is 12.8 Å². The van der Waals surface area contributed by atoms with Gasteiger partial charge in [0, 0.05) is 6.07 Å². The Morgan fingerprint density at radius 2 is 2.27 bits per heavy atom. The lowest BCUT2D eigenvalue weighted by atomic mass is 10.2. The van der Waals surface area contributed by atoms with Gasteiger partial charge in [-0.3, -0.25) is 4.79 Å². The number of anilines is 1. The van der Waals surface area contributed by atoms with Crippen LogP contribution in [0.4, 0.5) is 10.1 Å². The number of carbonyl (C=O) groups is 1. The van der Waals surface area contributed by atoms with Gasteiger partial charge >= 0.3 is 0 Å². The number of alkyl halides is 1. The maximum Gasteiger partial charge on any atom is 0.242 e. The first-order chi connectivity index (χ1) is 7.04. The molecule has 15 heavy (non-hydrogen) atoms. The number of methoxy groups -OCH3 is 1. The molecular weight excluding hydrogens is 221 g/mol. The van der Waals surface area contributed by atoms with Gasteiger partial charge in [-0.05, 0) is 19.1 Å². The largest absolute Gasteiger partial charge is 0.494 e. The van der Waals surface area contributed by atoms with Crippen LogP contribution in [-0.4, -0.2) is 18.4 Å². The SMILES string of the molecule is COc1cc(F)ccc1NC(=O)C(C)Cl. The minimum Gasteiger partial charge on any atom is -0.494 e. The minimum atomic E-state index is -0.653. The number of nitrogens with one attached hydrogen (secondary N) is 1. The van der Waals surface area contributed by atoms with E-state index < -0.39 is 11.2 Å². The average molecular weight is 232 g/mol. The highest BCUT2D eigenvalue weighted by molar-refractivity contribution is 6.32. The van der Waals surface area contributed by atoms with Crippen molar-refractivity contribution in [2.24, 2.45) is 0 Å². The molecule has 0 fully saturated rings. The molecule has 0 spiro atoms. The summed E-state index contributed by atoms with van der Waals surface area (Å²) in [6.45, 7) is 1.55. The fourth-order valence-electron chi connectivity index (χ4n) is 1.00. The Morgan fingerprint density at radius 3 is 2.80 bits per heavy atom. The highest BCUT2D eigenvalue weighted by atomic mass is 35.5. The summed E-state index contributed by atoms with van der Waals surface area (Å²) < 4.78 is 17.7. The molecule has 3 nitrogen and oxygen atoms in total. The second kappa shape index (κ2) is 4.98. The highest BCUT2D eigenvalue weighted by Gasteiger charge is 2.12. The number of benzene rings is 1. The Labute approximate surface area is 92.2 Å². The molecule has 0 bridgehead atoms. The molecule has 0 heterocycles. The molecule has 5 heteroatoms. The van der Waals surface area contributed by atoms with Crippen molar-refractivity contribution in [3.8, 4) is 5.75 Å². The lowest BCUT2D eigenvalue weighted by Crippen LogP contribution is -2.20. The number of hydrogen-bond acceptors (Lipinski definition) is 2. The van der Waals surface area contributed by atoms with E-state index in [1.165, 1.54) is 25.3 Å². The zero-order valence-corrected chi connectivity index (χ0v) is 9.14. The van der Waals surface area contributed by atoms with Crippen molar-refractivity contribution in [1.29, 1.82) is 0 Å². The van der Waals surface area contributed by atoms with Crippen LogP contribution in [0.3, 0.4) is 0 Å². The zero-order chi connectivity index (χ0) is 11.4. The molecule has 0 aliphatic heterocycles. The summed E-state index contributed by atoms with van der Waals surface area (Å²) in [7, 11) is 1.40. The molecule has 0 aliphatic carbocycles. The van der Waals surface area contributed by atoms with Gasteiger partial charge in [0.15, 0.2) is 0 Å². The predicted molar refractivity (Wildman–Crippen MR) is 56.9 cm³/mol. The van der Waals surface area contributed by atoms with E-state index in [-0.39, 0.29) is 11.7 Å². The molecule has 1 aromatic rings. The zero-order valence-electron chi connectivity index (χ0n) is 8.38. The quantitative estimate of drug-likeness (QED) is 0.812. The summed E-state index contributed by atoms with van der Waals surface area (Å²) in [5.74, 6) is -0.522. The number of amides is 1. The van der Waals surface area contributed by atoms with Crippen LogP contribution in [0.2, 0.25) is 0 Å². The molecule has 0 aliphatic rings. The van der Waals surface area contributed by atoms with Gasteiger partial charge in [0.1, 0.15) is 16.9 Å². The van der Waals surface area contributed by atoms with Crippen molar-refractivity contribution in [2.75, 3.05) is 12.4 Å². The first kappa shape index (κ1) is 11.8. The highest BCUT2D eigenvalue weighted by Crippen LogP contribution is 2.25. The van der Waals surface area contributed by atoms with Crippen LogP contribution < -0.4 is 10.1 Å². The van der Waals surface area contributed by atoms with Crippen molar-refractivity contribution in [3.05, 3.63) is 24.0 Å². The van der Waals surface area contributed by atoms with Crippen LogP contribution in [0.25, 0.3) is 0 Å². The van der Waals surface area contributed by atoms with Crippen LogP contribution in [0.1, 0.15) is 6.92 Å². The molecule has 0 saturated carbocycles. The fourth-order valence-corrected chi connectivity index (χ4v) is 1.06. The number of carbonyl (C=O) groups excluding carboxylic acids is 1. The van der Waals surface area contributed by atoms with Crippen LogP contribution in [0.15, 0.2) is 18.2 Å². The average Bonchev–Trinajstić information content (AvgIpc) is 2.20. The Morgan fingerprint density at radius 1 is 1.60 bits per heavy atom. The lowest BCUT2D eigenvalue weighted by molar-refractivity contribution is -0.115. The third-order valence-corrected chi connectivity index (χ3v) is 1.98. The van der Waals surface area contributed by atoms with Crippen LogP contribution in [0, 0.1) is 5.82 Å². The summed E-state index contributed by atoms with van der Waals surface area (Å²) in [4.78, 5) is 11.3. The smallest absolute Gasteiger partial charge is 0.242 e. The molecule has 1 rings (SSSR count). The van der Waals surface area contributed by atoms with E-state index in [2.05, 4.69) is 5.32 Å². The maximum absolute atomic E-state index is 12.8. The Balaban J connectivity index is 2.89. The number of halogens is 2. The van der Waals surface area contributed by atoms with E-state index in [0.29, 0.717) is 5.69 Å². The first-order valence-corrected chi connectivity index (χ1v) is 4.76. The fraction of sp³-hybridized carbons (Fsp3) is 0.300. The van der Waals surface area contributed by atoms with Crippen LogP contribution in [-0.2, 0) is 4.79 Å². The van der Waals surface area contributed by atoms with Crippen LogP contribution in [0.5, 0.6) is 5.75 Å². The second-order valence-electron chi connectivity index (χ2n) is 2.95. The van der Waals surface area contributed by atoms with Crippen molar-refractivity contribution in [1.82, 2.24) is 0 Å².